The number of benzene rings is 2. The molecule has 0 unspecified atom stereocenters. The maximum Gasteiger partial charge on any atom is 0.249 e. The summed E-state index contributed by atoms with van der Waals surface area (Å²) in [7, 11) is 1.61. The Kier molecular flexibility index (Phi) is 5.18. The highest BCUT2D eigenvalue weighted by Crippen LogP contribution is 2.29. The minimum atomic E-state index is 0.370. The van der Waals surface area contributed by atoms with Crippen molar-refractivity contribution in [1.29, 1.82) is 0 Å². The first kappa shape index (κ1) is 18.3. The summed E-state index contributed by atoms with van der Waals surface area (Å²) in [4.78, 5) is 0. The van der Waals surface area contributed by atoms with Crippen LogP contribution in [-0.2, 0) is 5.75 Å². The predicted octanol–water partition coefficient (Wildman–Crippen LogP) is 3.66. The van der Waals surface area contributed by atoms with Gasteiger partial charge in [0.05, 0.1) is 23.4 Å². The van der Waals surface area contributed by atoms with Crippen LogP contribution in [0.2, 0.25) is 5.02 Å². The highest BCUT2D eigenvalue weighted by molar-refractivity contribution is 7.98. The molecular formula is C18H15ClN6O2S. The standard InChI is InChI=1S/C18H15ClN6O2S/c1-26-12-8-6-11(7-9-12)16-22-24-18(25(16)20)28-10-15-21-23-17(27-15)13-4-2-3-5-14(13)19/h2-9H,10,20H2,1H3. The van der Waals surface area contributed by atoms with Gasteiger partial charge in [-0.25, -0.2) is 4.68 Å². The van der Waals surface area contributed by atoms with E-state index >= 15 is 0 Å². The first-order chi connectivity index (χ1) is 13.7. The molecule has 0 radical (unpaired) electrons. The van der Waals surface area contributed by atoms with Gasteiger partial charge in [0.15, 0.2) is 5.82 Å². The summed E-state index contributed by atoms with van der Waals surface area (Å²) in [5, 5.41) is 17.5. The van der Waals surface area contributed by atoms with Gasteiger partial charge in [0.25, 0.3) is 0 Å². The first-order valence-electron chi connectivity index (χ1n) is 8.20. The van der Waals surface area contributed by atoms with E-state index in [1.165, 1.54) is 16.4 Å². The number of ether oxygens (including phenoxy) is 1. The molecule has 2 aromatic carbocycles. The van der Waals surface area contributed by atoms with Crippen LogP contribution in [0.4, 0.5) is 0 Å². The molecule has 0 atom stereocenters. The minimum absolute atomic E-state index is 0.370. The van der Waals surface area contributed by atoms with Gasteiger partial charge in [-0.2, -0.15) is 0 Å². The van der Waals surface area contributed by atoms with Gasteiger partial charge >= 0.3 is 0 Å². The van der Waals surface area contributed by atoms with Crippen LogP contribution in [-0.4, -0.2) is 32.2 Å². The molecule has 8 nitrogen and oxygen atoms in total. The normalized spacial score (nSPS) is 10.9. The van der Waals surface area contributed by atoms with Crippen LogP contribution < -0.4 is 10.6 Å². The number of nitrogen functional groups attached to an aromatic ring is 1. The summed E-state index contributed by atoms with van der Waals surface area (Å²) in [6.45, 7) is 0. The van der Waals surface area contributed by atoms with Gasteiger partial charge in [-0.15, -0.1) is 20.4 Å². The number of nitrogens with two attached hydrogens (primary N) is 1. The summed E-state index contributed by atoms with van der Waals surface area (Å²) in [6, 6.07) is 14.7. The lowest BCUT2D eigenvalue weighted by atomic mass is 10.2. The second-order valence-corrected chi connectivity index (χ2v) is 7.02. The van der Waals surface area contributed by atoms with Crippen molar-refractivity contribution in [2.24, 2.45) is 0 Å². The van der Waals surface area contributed by atoms with Crippen molar-refractivity contribution in [2.45, 2.75) is 10.9 Å². The second kappa shape index (κ2) is 7.91. The van der Waals surface area contributed by atoms with E-state index in [0.29, 0.717) is 39.1 Å². The smallest absolute Gasteiger partial charge is 0.249 e. The lowest BCUT2D eigenvalue weighted by molar-refractivity contribution is 0.415. The fraction of sp³-hybridized carbons (Fsp3) is 0.111. The fourth-order valence-electron chi connectivity index (χ4n) is 2.49. The Bertz CT molecular complexity index is 1100. The number of aromatic nitrogens is 5. The van der Waals surface area contributed by atoms with Crippen LogP contribution in [0.15, 0.2) is 58.1 Å². The molecule has 0 aliphatic carbocycles. The Morgan fingerprint density at radius 1 is 1.07 bits per heavy atom. The third kappa shape index (κ3) is 3.67. The van der Waals surface area contributed by atoms with Crippen LogP contribution in [0.5, 0.6) is 5.75 Å². The van der Waals surface area contributed by atoms with Crippen LogP contribution in [0.3, 0.4) is 0 Å². The van der Waals surface area contributed by atoms with Gasteiger partial charge < -0.3 is 15.0 Å². The average Bonchev–Trinajstić information content (AvgIpc) is 3.33. The Morgan fingerprint density at radius 3 is 2.61 bits per heavy atom. The van der Waals surface area contributed by atoms with E-state index in [-0.39, 0.29) is 0 Å². The molecule has 0 saturated heterocycles. The maximum atomic E-state index is 6.16. The molecule has 2 N–H and O–H groups in total. The predicted molar refractivity (Wildman–Crippen MR) is 106 cm³/mol. The van der Waals surface area contributed by atoms with E-state index < -0.39 is 0 Å². The third-order valence-corrected chi connectivity index (χ3v) is 5.17. The zero-order valence-corrected chi connectivity index (χ0v) is 16.3. The van der Waals surface area contributed by atoms with Crippen LogP contribution in [0.25, 0.3) is 22.8 Å². The van der Waals surface area contributed by atoms with Gasteiger partial charge in [0, 0.05) is 5.56 Å². The SMILES string of the molecule is COc1ccc(-c2nnc(SCc3nnc(-c4ccccc4Cl)o3)n2N)cc1. The van der Waals surface area contributed by atoms with E-state index in [0.717, 1.165) is 11.3 Å². The zero-order valence-electron chi connectivity index (χ0n) is 14.7. The van der Waals surface area contributed by atoms with Gasteiger partial charge in [-0.3, -0.25) is 0 Å². The molecule has 4 rings (SSSR count). The molecule has 0 saturated carbocycles. The van der Waals surface area contributed by atoms with Gasteiger partial charge in [0.2, 0.25) is 16.9 Å². The maximum absolute atomic E-state index is 6.16. The number of rotatable bonds is 6. The lowest BCUT2D eigenvalue weighted by Gasteiger charge is -2.04. The third-order valence-electron chi connectivity index (χ3n) is 3.91. The van der Waals surface area contributed by atoms with Crippen molar-refractivity contribution in [3.8, 4) is 28.6 Å². The fourth-order valence-corrected chi connectivity index (χ4v) is 3.40. The molecule has 0 aliphatic rings. The molecule has 28 heavy (non-hydrogen) atoms. The van der Waals surface area contributed by atoms with Crippen molar-refractivity contribution in [2.75, 3.05) is 13.0 Å². The largest absolute Gasteiger partial charge is 0.497 e. The Labute approximate surface area is 169 Å². The number of thioether (sulfide) groups is 1. The highest BCUT2D eigenvalue weighted by Gasteiger charge is 2.15. The van der Waals surface area contributed by atoms with Crippen molar-refractivity contribution in [1.82, 2.24) is 25.1 Å². The molecule has 4 aromatic rings. The molecule has 0 fully saturated rings. The molecule has 0 aliphatic heterocycles. The average molecular weight is 415 g/mol. The molecule has 0 bridgehead atoms. The monoisotopic (exact) mass is 414 g/mol. The molecule has 0 spiro atoms. The van der Waals surface area contributed by atoms with Crippen molar-refractivity contribution >= 4 is 23.4 Å². The van der Waals surface area contributed by atoms with E-state index in [9.17, 15) is 0 Å². The number of nitrogens with zero attached hydrogens (tertiary/aromatic N) is 5. The number of hydrogen-bond donors (Lipinski definition) is 1. The number of halogens is 1. The number of hydrogen-bond acceptors (Lipinski definition) is 8. The van der Waals surface area contributed by atoms with E-state index in [4.69, 9.17) is 26.6 Å². The summed E-state index contributed by atoms with van der Waals surface area (Å²) >= 11 is 7.51. The summed E-state index contributed by atoms with van der Waals surface area (Å²) in [5.41, 5.74) is 1.53. The van der Waals surface area contributed by atoms with E-state index in [1.54, 1.807) is 13.2 Å². The Hall–Kier alpha value is -3.04. The van der Waals surface area contributed by atoms with Gasteiger partial charge in [-0.05, 0) is 36.4 Å². The van der Waals surface area contributed by atoms with Gasteiger partial charge in [0.1, 0.15) is 5.75 Å². The van der Waals surface area contributed by atoms with Crippen molar-refractivity contribution in [3.63, 3.8) is 0 Å². The zero-order chi connectivity index (χ0) is 19.5. The molecule has 2 aromatic heterocycles. The molecule has 10 heteroatoms. The van der Waals surface area contributed by atoms with E-state index in [1.807, 2.05) is 42.5 Å². The molecule has 142 valence electrons. The topological polar surface area (TPSA) is 105 Å². The van der Waals surface area contributed by atoms with Crippen LogP contribution >= 0.6 is 23.4 Å². The molecule has 0 amide bonds. The Morgan fingerprint density at radius 2 is 1.86 bits per heavy atom. The van der Waals surface area contributed by atoms with Crippen molar-refractivity contribution in [3.05, 3.63) is 59.4 Å². The highest BCUT2D eigenvalue weighted by atomic mass is 35.5. The first-order valence-corrected chi connectivity index (χ1v) is 9.57. The van der Waals surface area contributed by atoms with Crippen LogP contribution in [0, 0.1) is 0 Å². The summed E-state index contributed by atoms with van der Waals surface area (Å²) in [5.74, 6) is 8.65. The van der Waals surface area contributed by atoms with Gasteiger partial charge in [-0.1, -0.05) is 35.5 Å². The Balaban J connectivity index is 1.47. The molecular weight excluding hydrogens is 400 g/mol. The second-order valence-electron chi connectivity index (χ2n) is 5.67. The summed E-state index contributed by atoms with van der Waals surface area (Å²) < 4.78 is 12.3. The summed E-state index contributed by atoms with van der Waals surface area (Å²) in [6.07, 6.45) is 0. The molecule has 2 heterocycles. The van der Waals surface area contributed by atoms with Crippen LogP contribution in [0.1, 0.15) is 5.89 Å². The quantitative estimate of drug-likeness (QED) is 0.376. The number of methoxy groups -OCH3 is 1. The minimum Gasteiger partial charge on any atom is -0.497 e. The van der Waals surface area contributed by atoms with Crippen molar-refractivity contribution < 1.29 is 9.15 Å². The lowest BCUT2D eigenvalue weighted by Crippen LogP contribution is -2.11. The van der Waals surface area contributed by atoms with E-state index in [2.05, 4.69) is 20.4 Å².